The first-order valence-corrected chi connectivity index (χ1v) is 6.47. The number of thiocarbonyl (C=S) groups is 1. The molecular weight excluding hydrogens is 240 g/mol. The van der Waals surface area contributed by atoms with Crippen molar-refractivity contribution in [2.75, 3.05) is 0 Å². The lowest BCUT2D eigenvalue weighted by molar-refractivity contribution is 0.716. The van der Waals surface area contributed by atoms with E-state index in [1.165, 1.54) is 22.0 Å². The lowest BCUT2D eigenvalue weighted by Crippen LogP contribution is -2.32. The average Bonchev–Trinajstić information content (AvgIpc) is 2.86. The second-order valence-electron chi connectivity index (χ2n) is 4.45. The Balaban J connectivity index is 1.81. The maximum atomic E-state index is 4.91. The molecule has 0 saturated carbocycles. The van der Waals surface area contributed by atoms with E-state index in [2.05, 4.69) is 53.1 Å². The molecule has 2 aromatic rings. The molecule has 3 heteroatoms. The quantitative estimate of drug-likeness (QED) is 0.824. The number of hydrogen-bond donors (Lipinski definition) is 2. The van der Waals surface area contributed by atoms with Gasteiger partial charge in [0.25, 0.3) is 0 Å². The number of benzene rings is 2. The van der Waals surface area contributed by atoms with Gasteiger partial charge in [0.2, 0.25) is 0 Å². The van der Waals surface area contributed by atoms with Crippen LogP contribution < -0.4 is 10.6 Å². The summed E-state index contributed by atoms with van der Waals surface area (Å²) in [6.07, 6.45) is 3.00. The molecular formula is C15H14N2S. The number of nitrogens with one attached hydrogen (secondary N) is 2. The second-order valence-corrected chi connectivity index (χ2v) is 4.72. The summed E-state index contributed by atoms with van der Waals surface area (Å²) in [4.78, 5) is 0. The Kier molecular flexibility index (Phi) is 2.99. The molecule has 0 fully saturated rings. The number of allylic oxidation sites excluding steroid dienone is 1. The van der Waals surface area contributed by atoms with Crippen molar-refractivity contribution in [3.05, 3.63) is 59.9 Å². The molecule has 0 amide bonds. The van der Waals surface area contributed by atoms with Gasteiger partial charge in [0.15, 0.2) is 0 Å². The van der Waals surface area contributed by atoms with E-state index in [0.717, 1.165) is 6.42 Å². The minimum Gasteiger partial charge on any atom is -0.366 e. The zero-order chi connectivity index (χ0) is 12.4. The van der Waals surface area contributed by atoms with Crippen molar-refractivity contribution in [3.63, 3.8) is 0 Å². The van der Waals surface area contributed by atoms with Crippen LogP contribution in [0.3, 0.4) is 0 Å². The first-order chi connectivity index (χ1) is 8.85. The molecule has 0 aliphatic carbocycles. The summed E-state index contributed by atoms with van der Waals surface area (Å²) >= 11 is 4.91. The Hall–Kier alpha value is -1.87. The Morgan fingerprint density at radius 2 is 1.94 bits per heavy atom. The second kappa shape index (κ2) is 4.78. The lowest BCUT2D eigenvalue weighted by atomic mass is 10.0. The smallest absolute Gasteiger partial charge is 0.126 e. The van der Waals surface area contributed by atoms with Crippen LogP contribution in [0.15, 0.2) is 54.4 Å². The van der Waals surface area contributed by atoms with Crippen molar-refractivity contribution in [2.24, 2.45) is 0 Å². The molecule has 1 aliphatic rings. The Labute approximate surface area is 112 Å². The fraction of sp³-hybridized carbons (Fsp3) is 0.133. The fourth-order valence-corrected chi connectivity index (χ4v) is 2.36. The topological polar surface area (TPSA) is 24.1 Å². The summed E-state index contributed by atoms with van der Waals surface area (Å²) < 4.78 is 0. The third-order valence-corrected chi connectivity index (χ3v) is 3.39. The van der Waals surface area contributed by atoms with Gasteiger partial charge in [0.05, 0.1) is 0 Å². The maximum Gasteiger partial charge on any atom is 0.126 e. The van der Waals surface area contributed by atoms with Crippen molar-refractivity contribution >= 4 is 28.4 Å². The van der Waals surface area contributed by atoms with Gasteiger partial charge >= 0.3 is 0 Å². The molecule has 0 saturated heterocycles. The minimum atomic E-state index is 0.0930. The van der Waals surface area contributed by atoms with E-state index in [9.17, 15) is 0 Å². The molecule has 0 spiro atoms. The molecule has 18 heavy (non-hydrogen) atoms. The number of rotatable bonds is 3. The van der Waals surface area contributed by atoms with E-state index in [1.54, 1.807) is 5.37 Å². The van der Waals surface area contributed by atoms with E-state index in [-0.39, 0.29) is 6.17 Å². The molecule has 2 N–H and O–H groups in total. The molecule has 2 nitrogen and oxygen atoms in total. The SMILES string of the molecule is S=CC1NC=C(Cc2ccc3ccccc3c2)N1. The van der Waals surface area contributed by atoms with Crippen molar-refractivity contribution in [2.45, 2.75) is 12.6 Å². The first-order valence-electron chi connectivity index (χ1n) is 6.00. The van der Waals surface area contributed by atoms with Crippen molar-refractivity contribution in [3.8, 4) is 0 Å². The fourth-order valence-electron chi connectivity index (χ4n) is 2.22. The van der Waals surface area contributed by atoms with Gasteiger partial charge in [-0.15, -0.1) is 0 Å². The molecule has 0 radical (unpaired) electrons. The number of fused-ring (bicyclic) bond motifs is 1. The van der Waals surface area contributed by atoms with Gasteiger partial charge in [0.1, 0.15) is 6.17 Å². The van der Waals surface area contributed by atoms with Crippen LogP contribution >= 0.6 is 12.2 Å². The monoisotopic (exact) mass is 254 g/mol. The maximum absolute atomic E-state index is 4.91. The van der Waals surface area contributed by atoms with Crippen LogP contribution in [0.4, 0.5) is 0 Å². The highest BCUT2D eigenvalue weighted by Crippen LogP contribution is 2.17. The summed E-state index contributed by atoms with van der Waals surface area (Å²) in [6.45, 7) is 0. The van der Waals surface area contributed by atoms with Crippen LogP contribution in [0.25, 0.3) is 10.8 Å². The normalized spacial score (nSPS) is 18.0. The van der Waals surface area contributed by atoms with Crippen LogP contribution in [0, 0.1) is 0 Å². The van der Waals surface area contributed by atoms with Gasteiger partial charge in [-0.1, -0.05) is 54.7 Å². The summed E-state index contributed by atoms with van der Waals surface area (Å²) in [7, 11) is 0. The van der Waals surface area contributed by atoms with Gasteiger partial charge in [-0.3, -0.25) is 0 Å². The molecule has 1 atom stereocenters. The van der Waals surface area contributed by atoms with Crippen molar-refractivity contribution in [1.29, 1.82) is 0 Å². The highest BCUT2D eigenvalue weighted by Gasteiger charge is 2.12. The molecule has 90 valence electrons. The Morgan fingerprint density at radius 3 is 2.72 bits per heavy atom. The van der Waals surface area contributed by atoms with Crippen LogP contribution in [0.1, 0.15) is 5.56 Å². The third kappa shape index (κ3) is 2.22. The molecule has 1 aliphatic heterocycles. The average molecular weight is 254 g/mol. The van der Waals surface area contributed by atoms with Crippen molar-refractivity contribution < 1.29 is 0 Å². The highest BCUT2D eigenvalue weighted by molar-refractivity contribution is 7.79. The van der Waals surface area contributed by atoms with E-state index >= 15 is 0 Å². The van der Waals surface area contributed by atoms with Gasteiger partial charge in [-0.25, -0.2) is 0 Å². The van der Waals surface area contributed by atoms with Gasteiger partial charge in [0, 0.05) is 23.7 Å². The largest absolute Gasteiger partial charge is 0.366 e. The minimum absolute atomic E-state index is 0.0930. The van der Waals surface area contributed by atoms with Crippen LogP contribution in [0.5, 0.6) is 0 Å². The predicted molar refractivity (Wildman–Crippen MR) is 79.4 cm³/mol. The highest BCUT2D eigenvalue weighted by atomic mass is 32.1. The molecule has 0 aromatic heterocycles. The van der Waals surface area contributed by atoms with Crippen molar-refractivity contribution in [1.82, 2.24) is 10.6 Å². The summed E-state index contributed by atoms with van der Waals surface area (Å²) in [5.74, 6) is 0. The van der Waals surface area contributed by atoms with Gasteiger partial charge in [-0.05, 0) is 16.3 Å². The van der Waals surface area contributed by atoms with Crippen LogP contribution in [-0.4, -0.2) is 11.5 Å². The summed E-state index contributed by atoms with van der Waals surface area (Å²) in [6, 6.07) is 15.0. The van der Waals surface area contributed by atoms with Crippen LogP contribution in [-0.2, 0) is 6.42 Å². The zero-order valence-corrected chi connectivity index (χ0v) is 10.7. The van der Waals surface area contributed by atoms with E-state index in [1.807, 2.05) is 6.20 Å². The molecule has 3 rings (SSSR count). The molecule has 1 heterocycles. The van der Waals surface area contributed by atoms with E-state index in [0.29, 0.717) is 0 Å². The summed E-state index contributed by atoms with van der Waals surface area (Å²) in [5.41, 5.74) is 2.48. The van der Waals surface area contributed by atoms with Gasteiger partial charge < -0.3 is 10.6 Å². The van der Waals surface area contributed by atoms with E-state index < -0.39 is 0 Å². The summed E-state index contributed by atoms with van der Waals surface area (Å²) in [5, 5.41) is 10.8. The van der Waals surface area contributed by atoms with Crippen LogP contribution in [0.2, 0.25) is 0 Å². The van der Waals surface area contributed by atoms with Gasteiger partial charge in [-0.2, -0.15) is 0 Å². The molecule has 2 aromatic carbocycles. The standard InChI is InChI=1S/C15H14N2S/c18-10-15-16-9-14(17-15)8-11-5-6-12-3-1-2-4-13(12)7-11/h1-7,9-10,15-17H,8H2. The molecule has 1 unspecified atom stereocenters. The number of hydrogen-bond acceptors (Lipinski definition) is 3. The first kappa shape index (κ1) is 11.2. The predicted octanol–water partition coefficient (Wildman–Crippen LogP) is 2.74. The molecule has 0 bridgehead atoms. The third-order valence-electron chi connectivity index (χ3n) is 3.12. The Morgan fingerprint density at radius 1 is 1.11 bits per heavy atom. The lowest BCUT2D eigenvalue weighted by Gasteiger charge is -2.08. The van der Waals surface area contributed by atoms with E-state index in [4.69, 9.17) is 12.2 Å². The Bertz CT molecular complexity index is 619. The zero-order valence-electron chi connectivity index (χ0n) is 9.89.